The van der Waals surface area contributed by atoms with Crippen LogP contribution in [-0.4, -0.2) is 9.55 Å². The molecule has 194 valence electrons. The summed E-state index contributed by atoms with van der Waals surface area (Å²) in [6, 6.07) is 38.4. The van der Waals surface area contributed by atoms with Crippen LogP contribution in [0.5, 0.6) is 0 Å². The van der Waals surface area contributed by atoms with Crippen LogP contribution in [0.4, 0.5) is 0 Å². The number of hydrogen-bond acceptors (Lipinski definition) is 2. The van der Waals surface area contributed by atoms with Crippen molar-refractivity contribution in [3.05, 3.63) is 126 Å². The van der Waals surface area contributed by atoms with Gasteiger partial charge in [0.1, 0.15) is 11.2 Å². The molecule has 0 bridgehead atoms. The van der Waals surface area contributed by atoms with Crippen LogP contribution in [0, 0.1) is 20.8 Å². The Morgan fingerprint density at radius 2 is 1.38 bits per heavy atom. The van der Waals surface area contributed by atoms with Gasteiger partial charge in [-0.05, 0) is 73.4 Å². The van der Waals surface area contributed by atoms with Crippen LogP contribution >= 0.6 is 0 Å². The Kier molecular flexibility index (Phi) is 5.64. The summed E-state index contributed by atoms with van der Waals surface area (Å²) in [7, 11) is 2.15. The lowest BCUT2D eigenvalue weighted by molar-refractivity contribution is -0.633. The Labute approximate surface area is 233 Å². The maximum atomic E-state index is 6.34. The second kappa shape index (κ2) is 9.35. The highest BCUT2D eigenvalue weighted by Gasteiger charge is 2.29. The molecular weight excluding hydrogens is 490 g/mol. The molecule has 5 aromatic carbocycles. The minimum atomic E-state index is 0.668. The summed E-state index contributed by atoms with van der Waals surface area (Å²) in [4.78, 5) is 5.00. The van der Waals surface area contributed by atoms with Crippen LogP contribution in [0.15, 0.2) is 114 Å². The highest BCUT2D eigenvalue weighted by molar-refractivity contribution is 5.88. The molecule has 7 aromatic rings. The third-order valence-corrected chi connectivity index (χ3v) is 7.91. The van der Waals surface area contributed by atoms with Gasteiger partial charge in [-0.25, -0.2) is 9.55 Å². The molecule has 0 N–H and O–H groups in total. The van der Waals surface area contributed by atoms with Crippen molar-refractivity contribution in [2.75, 3.05) is 0 Å². The van der Waals surface area contributed by atoms with Gasteiger partial charge in [0, 0.05) is 11.1 Å². The standard InChI is InChI=1S/C36H30N3O/c1-23-13-12-14-24(2)34(23)35-37-29-22-28(25(3)21-33(29)40-35)36-38(4)31-19-10-11-20-32(31)39(36)30-18-9-8-17-27(30)26-15-6-5-7-16-26/h5-22H,1-4H3/q+1. The van der Waals surface area contributed by atoms with E-state index in [0.29, 0.717) is 5.89 Å². The van der Waals surface area contributed by atoms with Gasteiger partial charge in [-0.1, -0.05) is 78.9 Å². The fraction of sp³-hybridized carbons (Fsp3) is 0.111. The number of hydrogen-bond donors (Lipinski definition) is 0. The monoisotopic (exact) mass is 520 g/mol. The number of imidazole rings is 1. The lowest BCUT2D eigenvalue weighted by Gasteiger charge is -2.11. The van der Waals surface area contributed by atoms with Crippen LogP contribution < -0.4 is 4.57 Å². The van der Waals surface area contributed by atoms with Crippen molar-refractivity contribution in [2.24, 2.45) is 7.05 Å². The summed E-state index contributed by atoms with van der Waals surface area (Å²) in [6.45, 7) is 6.37. The summed E-state index contributed by atoms with van der Waals surface area (Å²) >= 11 is 0. The number of aryl methyl sites for hydroxylation is 4. The number of oxazole rings is 1. The molecule has 2 heterocycles. The summed E-state index contributed by atoms with van der Waals surface area (Å²) in [6.07, 6.45) is 0. The Bertz CT molecular complexity index is 2030. The summed E-state index contributed by atoms with van der Waals surface area (Å²) in [5.41, 5.74) is 13.1. The molecule has 0 saturated carbocycles. The zero-order valence-electron chi connectivity index (χ0n) is 23.1. The first-order valence-corrected chi connectivity index (χ1v) is 13.6. The van der Waals surface area contributed by atoms with Crippen molar-refractivity contribution in [3.63, 3.8) is 0 Å². The second-order valence-corrected chi connectivity index (χ2v) is 10.5. The van der Waals surface area contributed by atoms with Gasteiger partial charge >= 0.3 is 0 Å². The molecule has 0 spiro atoms. The molecule has 0 aliphatic rings. The highest BCUT2D eigenvalue weighted by atomic mass is 16.3. The first kappa shape index (κ1) is 24.1. The molecule has 4 heteroatoms. The van der Waals surface area contributed by atoms with E-state index in [2.05, 4.69) is 146 Å². The molecule has 0 aliphatic heterocycles. The maximum Gasteiger partial charge on any atom is 0.295 e. The SMILES string of the molecule is Cc1cc2oc(-c3c(C)cccc3C)nc2cc1-c1n(-c2ccccc2-c2ccccc2)c2ccccc2[n+]1C. The van der Waals surface area contributed by atoms with E-state index in [0.717, 1.165) is 61.5 Å². The molecule has 0 aliphatic carbocycles. The zero-order chi connectivity index (χ0) is 27.4. The number of nitrogens with zero attached hydrogens (tertiary/aromatic N) is 3. The summed E-state index contributed by atoms with van der Waals surface area (Å²) in [5.74, 6) is 1.77. The Hall–Kier alpha value is -4.96. The summed E-state index contributed by atoms with van der Waals surface area (Å²) in [5, 5.41) is 0. The molecule has 0 unspecified atom stereocenters. The van der Waals surface area contributed by atoms with E-state index < -0.39 is 0 Å². The quantitative estimate of drug-likeness (QED) is 0.218. The minimum absolute atomic E-state index is 0.668. The van der Waals surface area contributed by atoms with Gasteiger partial charge in [0.15, 0.2) is 16.6 Å². The lowest BCUT2D eigenvalue weighted by Crippen LogP contribution is -2.30. The lowest BCUT2D eigenvalue weighted by atomic mass is 10.0. The average molecular weight is 521 g/mol. The smallest absolute Gasteiger partial charge is 0.295 e. The Balaban J connectivity index is 1.51. The molecule has 0 radical (unpaired) electrons. The first-order chi connectivity index (χ1) is 19.5. The third-order valence-electron chi connectivity index (χ3n) is 7.91. The van der Waals surface area contributed by atoms with Crippen LogP contribution in [0.1, 0.15) is 16.7 Å². The summed E-state index contributed by atoms with van der Waals surface area (Å²) < 4.78 is 11.0. The van der Waals surface area contributed by atoms with Gasteiger partial charge in [0.2, 0.25) is 5.89 Å². The normalized spacial score (nSPS) is 11.5. The van der Waals surface area contributed by atoms with E-state index in [1.54, 1.807) is 0 Å². The molecule has 2 aromatic heterocycles. The number of benzene rings is 5. The zero-order valence-corrected chi connectivity index (χ0v) is 23.1. The van der Waals surface area contributed by atoms with Gasteiger partial charge in [-0.3, -0.25) is 0 Å². The predicted molar refractivity (Wildman–Crippen MR) is 163 cm³/mol. The molecule has 40 heavy (non-hydrogen) atoms. The van der Waals surface area contributed by atoms with Gasteiger partial charge < -0.3 is 4.42 Å². The van der Waals surface area contributed by atoms with Gasteiger partial charge in [0.05, 0.1) is 12.6 Å². The molecule has 0 atom stereocenters. The molecule has 7 rings (SSSR count). The second-order valence-electron chi connectivity index (χ2n) is 10.5. The minimum Gasteiger partial charge on any atom is -0.436 e. The van der Waals surface area contributed by atoms with E-state index in [1.165, 1.54) is 11.1 Å². The fourth-order valence-corrected chi connectivity index (χ4v) is 5.97. The Morgan fingerprint density at radius 1 is 0.675 bits per heavy atom. The molecule has 0 saturated heterocycles. The van der Waals surface area contributed by atoms with E-state index in [-0.39, 0.29) is 0 Å². The molecule has 0 amide bonds. The van der Waals surface area contributed by atoms with Crippen molar-refractivity contribution >= 4 is 22.1 Å². The van der Waals surface area contributed by atoms with Gasteiger partial charge in [-0.2, -0.15) is 4.57 Å². The molecule has 0 fully saturated rings. The predicted octanol–water partition coefficient (Wildman–Crippen LogP) is 8.52. The number of aromatic nitrogens is 3. The van der Waals surface area contributed by atoms with E-state index in [4.69, 9.17) is 9.40 Å². The fourth-order valence-electron chi connectivity index (χ4n) is 5.97. The molecule has 4 nitrogen and oxygen atoms in total. The van der Waals surface area contributed by atoms with Crippen molar-refractivity contribution < 1.29 is 8.98 Å². The maximum absolute atomic E-state index is 6.34. The van der Waals surface area contributed by atoms with Crippen molar-refractivity contribution in [2.45, 2.75) is 20.8 Å². The van der Waals surface area contributed by atoms with Gasteiger partial charge in [0.25, 0.3) is 5.82 Å². The largest absolute Gasteiger partial charge is 0.436 e. The van der Waals surface area contributed by atoms with Crippen molar-refractivity contribution in [3.8, 4) is 39.7 Å². The number of fused-ring (bicyclic) bond motifs is 2. The van der Waals surface area contributed by atoms with E-state index in [9.17, 15) is 0 Å². The van der Waals surface area contributed by atoms with E-state index in [1.807, 2.05) is 0 Å². The Morgan fingerprint density at radius 3 is 2.17 bits per heavy atom. The van der Waals surface area contributed by atoms with E-state index >= 15 is 0 Å². The van der Waals surface area contributed by atoms with Crippen LogP contribution in [0.25, 0.3) is 61.8 Å². The van der Waals surface area contributed by atoms with Crippen molar-refractivity contribution in [1.82, 2.24) is 9.55 Å². The topological polar surface area (TPSA) is 34.8 Å². The van der Waals surface area contributed by atoms with Crippen LogP contribution in [0.3, 0.4) is 0 Å². The number of para-hydroxylation sites is 3. The highest BCUT2D eigenvalue weighted by Crippen LogP contribution is 2.37. The molecular formula is C36H30N3O+. The van der Waals surface area contributed by atoms with Crippen LogP contribution in [0.2, 0.25) is 0 Å². The number of rotatable bonds is 4. The third kappa shape index (κ3) is 3.76. The average Bonchev–Trinajstić information content (AvgIpc) is 3.50. The van der Waals surface area contributed by atoms with Gasteiger partial charge in [-0.15, -0.1) is 0 Å². The van der Waals surface area contributed by atoms with Crippen molar-refractivity contribution in [1.29, 1.82) is 0 Å². The first-order valence-electron chi connectivity index (χ1n) is 13.6. The van der Waals surface area contributed by atoms with Crippen LogP contribution in [-0.2, 0) is 7.05 Å².